The number of carbonyl (C=O) groups excluding carboxylic acids is 2. The molecule has 0 aliphatic rings. The van der Waals surface area contributed by atoms with E-state index in [9.17, 15) is 19.8 Å². The zero-order valence-electron chi connectivity index (χ0n) is 40.7. The van der Waals surface area contributed by atoms with Crippen LogP contribution in [0.1, 0.15) is 213 Å². The van der Waals surface area contributed by atoms with Crippen molar-refractivity contribution in [1.29, 1.82) is 0 Å². The summed E-state index contributed by atoms with van der Waals surface area (Å²) in [6.45, 7) is 6.19. The number of nitrogens with one attached hydrogen (secondary N) is 1. The van der Waals surface area contributed by atoms with Crippen molar-refractivity contribution >= 4 is 11.9 Å². The molecule has 0 spiro atoms. The van der Waals surface area contributed by atoms with Crippen molar-refractivity contribution in [2.45, 2.75) is 232 Å². The van der Waals surface area contributed by atoms with E-state index in [4.69, 9.17) is 4.74 Å². The van der Waals surface area contributed by atoms with E-state index in [1.165, 1.54) is 83.5 Å². The zero-order valence-corrected chi connectivity index (χ0v) is 40.7. The van der Waals surface area contributed by atoms with Crippen molar-refractivity contribution in [2.24, 2.45) is 0 Å². The van der Waals surface area contributed by atoms with Gasteiger partial charge in [0.15, 0.2) is 0 Å². The van der Waals surface area contributed by atoms with Gasteiger partial charge in [-0.15, -0.1) is 0 Å². The van der Waals surface area contributed by atoms with Gasteiger partial charge in [0.25, 0.3) is 0 Å². The van der Waals surface area contributed by atoms with Crippen molar-refractivity contribution in [3.63, 3.8) is 0 Å². The third kappa shape index (κ3) is 44.9. The highest BCUT2D eigenvalue weighted by molar-refractivity contribution is 5.77. The molecule has 0 bridgehead atoms. The van der Waals surface area contributed by atoms with Gasteiger partial charge in [-0.05, 0) is 77.0 Å². The fourth-order valence-corrected chi connectivity index (χ4v) is 7.13. The summed E-state index contributed by atoms with van der Waals surface area (Å²) >= 11 is 0. The number of rotatable bonds is 44. The normalized spacial score (nSPS) is 14.2. The van der Waals surface area contributed by atoms with Crippen LogP contribution in [-0.2, 0) is 14.3 Å². The average Bonchev–Trinajstić information content (AvgIpc) is 3.28. The molecule has 0 saturated carbocycles. The van der Waals surface area contributed by atoms with Crippen LogP contribution in [0.4, 0.5) is 0 Å². The zero-order chi connectivity index (χ0) is 45.9. The molecular weight excluding hydrogens is 779 g/mol. The number of aliphatic hydroxyl groups is 2. The second-order valence-electron chi connectivity index (χ2n) is 16.9. The summed E-state index contributed by atoms with van der Waals surface area (Å²) in [5.41, 5.74) is 0. The van der Waals surface area contributed by atoms with Crippen LogP contribution in [0.15, 0.2) is 109 Å². The van der Waals surface area contributed by atoms with Gasteiger partial charge in [0.05, 0.1) is 25.2 Å². The Bertz CT molecular complexity index is 1300. The molecule has 3 unspecified atom stereocenters. The highest BCUT2D eigenvalue weighted by Crippen LogP contribution is 2.16. The predicted molar refractivity (Wildman–Crippen MR) is 273 cm³/mol. The molecule has 6 nitrogen and oxygen atoms in total. The third-order valence-electron chi connectivity index (χ3n) is 10.9. The Morgan fingerprint density at radius 3 is 1.44 bits per heavy atom. The molecule has 0 aliphatic heterocycles. The van der Waals surface area contributed by atoms with Crippen molar-refractivity contribution in [1.82, 2.24) is 5.32 Å². The fraction of sp³-hybridized carbons (Fsp3) is 0.649. The Morgan fingerprint density at radius 2 is 0.937 bits per heavy atom. The molecule has 0 fully saturated rings. The minimum Gasteiger partial charge on any atom is -0.462 e. The van der Waals surface area contributed by atoms with Crippen molar-refractivity contribution < 1.29 is 24.5 Å². The van der Waals surface area contributed by atoms with Crippen LogP contribution in [0, 0.1) is 0 Å². The van der Waals surface area contributed by atoms with E-state index in [1.807, 2.05) is 36.5 Å². The number of ether oxygens (including phenoxy) is 1. The summed E-state index contributed by atoms with van der Waals surface area (Å²) in [7, 11) is 0. The van der Waals surface area contributed by atoms with Gasteiger partial charge in [-0.2, -0.15) is 0 Å². The lowest BCUT2D eigenvalue weighted by Crippen LogP contribution is -2.46. The highest BCUT2D eigenvalue weighted by Gasteiger charge is 2.24. The Morgan fingerprint density at radius 1 is 0.492 bits per heavy atom. The smallest absolute Gasteiger partial charge is 0.306 e. The van der Waals surface area contributed by atoms with Crippen LogP contribution in [0.5, 0.6) is 0 Å². The summed E-state index contributed by atoms with van der Waals surface area (Å²) in [5.74, 6) is -0.621. The Kier molecular flexibility index (Phi) is 46.8. The van der Waals surface area contributed by atoms with Gasteiger partial charge in [-0.3, -0.25) is 9.59 Å². The van der Waals surface area contributed by atoms with Crippen LogP contribution in [0.25, 0.3) is 0 Å². The molecule has 358 valence electrons. The maximum atomic E-state index is 13.2. The lowest BCUT2D eigenvalue weighted by atomic mass is 10.0. The number of carbonyl (C=O) groups is 2. The van der Waals surface area contributed by atoms with Crippen molar-refractivity contribution in [3.05, 3.63) is 109 Å². The quantitative estimate of drug-likeness (QED) is 0.0245. The predicted octanol–water partition coefficient (Wildman–Crippen LogP) is 15.5. The molecule has 0 aliphatic carbocycles. The molecule has 3 atom stereocenters. The van der Waals surface area contributed by atoms with E-state index < -0.39 is 18.2 Å². The van der Waals surface area contributed by atoms with E-state index in [2.05, 4.69) is 99.0 Å². The molecule has 0 radical (unpaired) electrons. The van der Waals surface area contributed by atoms with Crippen LogP contribution in [0.3, 0.4) is 0 Å². The number of hydrogen-bond acceptors (Lipinski definition) is 5. The minimum atomic E-state index is -0.821. The minimum absolute atomic E-state index is 0.00245. The Hall–Kier alpha value is -3.48. The van der Waals surface area contributed by atoms with Crippen molar-refractivity contribution in [2.75, 3.05) is 6.61 Å². The molecule has 6 heteroatoms. The summed E-state index contributed by atoms with van der Waals surface area (Å²) in [4.78, 5) is 26.1. The van der Waals surface area contributed by atoms with Gasteiger partial charge in [-0.1, -0.05) is 233 Å². The summed E-state index contributed by atoms with van der Waals surface area (Å²) in [6, 6.07) is -0.741. The molecule has 1 amide bonds. The molecule has 0 heterocycles. The largest absolute Gasteiger partial charge is 0.462 e. The monoisotopic (exact) mass is 874 g/mol. The van der Waals surface area contributed by atoms with Gasteiger partial charge in [0.1, 0.15) is 6.10 Å². The van der Waals surface area contributed by atoms with E-state index in [1.54, 1.807) is 0 Å². The summed E-state index contributed by atoms with van der Waals surface area (Å²) < 4.78 is 5.85. The number of aliphatic hydroxyl groups excluding tert-OH is 2. The molecule has 63 heavy (non-hydrogen) atoms. The first-order valence-electron chi connectivity index (χ1n) is 25.7. The first-order valence-corrected chi connectivity index (χ1v) is 25.7. The summed E-state index contributed by atoms with van der Waals surface area (Å²) in [5, 5.41) is 23.7. The Labute approximate surface area is 388 Å². The topological polar surface area (TPSA) is 95.9 Å². The van der Waals surface area contributed by atoms with Crippen LogP contribution in [-0.4, -0.2) is 46.9 Å². The van der Waals surface area contributed by atoms with E-state index in [0.29, 0.717) is 19.3 Å². The Balaban J connectivity index is 4.67. The first-order chi connectivity index (χ1) is 31.0. The number of amides is 1. The molecule has 0 aromatic heterocycles. The second kappa shape index (κ2) is 49.5. The maximum absolute atomic E-state index is 13.2. The fourth-order valence-electron chi connectivity index (χ4n) is 7.13. The molecule has 0 saturated heterocycles. The lowest BCUT2D eigenvalue weighted by Gasteiger charge is -2.24. The van der Waals surface area contributed by atoms with Gasteiger partial charge < -0.3 is 20.3 Å². The van der Waals surface area contributed by atoms with Gasteiger partial charge in [0.2, 0.25) is 5.91 Å². The van der Waals surface area contributed by atoms with E-state index in [-0.39, 0.29) is 31.3 Å². The van der Waals surface area contributed by atoms with Crippen LogP contribution >= 0.6 is 0 Å². The maximum Gasteiger partial charge on any atom is 0.306 e. The number of esters is 1. The van der Waals surface area contributed by atoms with Crippen LogP contribution in [0.2, 0.25) is 0 Å². The molecular formula is C57H95NO5. The van der Waals surface area contributed by atoms with Gasteiger partial charge >= 0.3 is 5.97 Å². The lowest BCUT2D eigenvalue weighted by molar-refractivity contribution is -0.151. The number of unbranched alkanes of at least 4 members (excludes halogenated alkanes) is 17. The SMILES string of the molecule is CC/C=C\C/C=C\C/C=C\C/C=C\C/C=C\CCCC(=O)OC(CCC\C=C/C=C\C=C\C=C\CC)CC(=O)NC(CO)C(O)CCCCCCCCCCCCCCCCCC. The van der Waals surface area contributed by atoms with Crippen molar-refractivity contribution in [3.8, 4) is 0 Å². The second-order valence-corrected chi connectivity index (χ2v) is 16.9. The van der Waals surface area contributed by atoms with Gasteiger partial charge in [-0.25, -0.2) is 0 Å². The molecule has 0 aromatic carbocycles. The molecule has 3 N–H and O–H groups in total. The average molecular weight is 874 g/mol. The van der Waals surface area contributed by atoms with E-state index in [0.717, 1.165) is 77.0 Å². The third-order valence-corrected chi connectivity index (χ3v) is 10.9. The van der Waals surface area contributed by atoms with Gasteiger partial charge in [0, 0.05) is 6.42 Å². The highest BCUT2D eigenvalue weighted by atomic mass is 16.5. The molecule has 0 rings (SSSR count). The van der Waals surface area contributed by atoms with E-state index >= 15 is 0 Å². The molecule has 0 aromatic rings. The standard InChI is InChI=1S/C57H95NO5/c1-4-7-10-13-16-19-22-24-26-28-30-32-35-38-41-44-47-50-57(62)63-53(48-45-42-39-36-33-21-18-15-12-9-6-3)51-56(61)58-54(52-59)55(60)49-46-43-40-37-34-31-29-27-25-23-20-17-14-11-8-5-2/h7,9-10,12,15-16,18-19,21,24,26,30,32-33,36,38-39,41,53-55,59-60H,4-6,8,11,13-14,17,20,22-23,25,27-29,31,34-35,37,40,42-52H2,1-3H3,(H,58,61)/b10-7-,12-9+,18-15+,19-16-,26-24-,32-30-,33-21-,39-36-,41-38-. The van der Waals surface area contributed by atoms with Crippen LogP contribution < -0.4 is 5.32 Å². The number of hydrogen-bond donors (Lipinski definition) is 3. The number of allylic oxidation sites excluding steroid dienone is 18. The summed E-state index contributed by atoms with van der Waals surface area (Å²) in [6.07, 6.45) is 67.3. The first kappa shape index (κ1) is 59.5.